The molecule has 29 heavy (non-hydrogen) atoms. The number of aromatic nitrogens is 4. The average molecular weight is 405 g/mol. The summed E-state index contributed by atoms with van der Waals surface area (Å²) in [5, 5.41) is 9.53. The maximum Gasteiger partial charge on any atom is 0.271 e. The molecule has 0 radical (unpaired) electrons. The van der Waals surface area contributed by atoms with Gasteiger partial charge in [-0.25, -0.2) is 4.98 Å². The Hall–Kier alpha value is -3.52. The number of nitrogens with zero attached hydrogens (tertiary/aromatic N) is 4. The van der Waals surface area contributed by atoms with Crippen LogP contribution in [0.25, 0.3) is 10.6 Å². The Labute approximate surface area is 171 Å². The van der Waals surface area contributed by atoms with E-state index in [4.69, 9.17) is 0 Å². The molecule has 1 N–H and O–H groups in total. The van der Waals surface area contributed by atoms with Crippen molar-refractivity contribution in [3.63, 3.8) is 0 Å². The molecular formula is C21H19N5O2S. The maximum atomic E-state index is 12.4. The van der Waals surface area contributed by atoms with Crippen molar-refractivity contribution in [2.45, 2.75) is 13.1 Å². The Kier molecular flexibility index (Phi) is 5.35. The highest BCUT2D eigenvalue weighted by molar-refractivity contribution is 7.13. The lowest BCUT2D eigenvalue weighted by atomic mass is 10.1. The van der Waals surface area contributed by atoms with Crippen LogP contribution < -0.4 is 10.9 Å². The van der Waals surface area contributed by atoms with Crippen LogP contribution in [0.4, 0.5) is 0 Å². The van der Waals surface area contributed by atoms with Crippen molar-refractivity contribution in [3.05, 3.63) is 93.6 Å². The molecule has 1 aromatic carbocycles. The molecule has 0 aliphatic carbocycles. The number of pyridine rings is 1. The molecule has 0 saturated carbocycles. The van der Waals surface area contributed by atoms with Gasteiger partial charge in [0.25, 0.3) is 11.5 Å². The lowest BCUT2D eigenvalue weighted by Crippen LogP contribution is -2.23. The van der Waals surface area contributed by atoms with Crippen LogP contribution >= 0.6 is 11.3 Å². The molecule has 3 heterocycles. The quantitative estimate of drug-likeness (QED) is 0.535. The number of amides is 1. The molecule has 8 heteroatoms. The summed E-state index contributed by atoms with van der Waals surface area (Å²) in [4.78, 5) is 28.6. The van der Waals surface area contributed by atoms with E-state index in [9.17, 15) is 9.59 Å². The minimum absolute atomic E-state index is 0.0299. The second-order valence-corrected chi connectivity index (χ2v) is 7.46. The van der Waals surface area contributed by atoms with E-state index < -0.39 is 0 Å². The second kappa shape index (κ2) is 8.24. The fourth-order valence-electron chi connectivity index (χ4n) is 2.87. The van der Waals surface area contributed by atoms with E-state index in [1.165, 1.54) is 11.3 Å². The van der Waals surface area contributed by atoms with Crippen molar-refractivity contribution in [2.24, 2.45) is 7.05 Å². The van der Waals surface area contributed by atoms with Crippen LogP contribution in [-0.2, 0) is 20.1 Å². The lowest BCUT2D eigenvalue weighted by Gasteiger charge is -2.07. The molecule has 0 bridgehead atoms. The maximum absolute atomic E-state index is 12.4. The average Bonchev–Trinajstić information content (AvgIpc) is 3.38. The van der Waals surface area contributed by atoms with Gasteiger partial charge in [-0.15, -0.1) is 11.3 Å². The zero-order valence-electron chi connectivity index (χ0n) is 15.8. The SMILES string of the molecule is Cn1cc(-c2nc(C(=O)NCc3ccc(Cn4ccccc4=O)cc3)cs2)cn1. The van der Waals surface area contributed by atoms with Crippen molar-refractivity contribution < 1.29 is 4.79 Å². The Balaban J connectivity index is 1.35. The Morgan fingerprint density at radius 1 is 1.14 bits per heavy atom. The number of hydrogen-bond acceptors (Lipinski definition) is 5. The Morgan fingerprint density at radius 2 is 1.93 bits per heavy atom. The smallest absolute Gasteiger partial charge is 0.271 e. The first-order valence-corrected chi connectivity index (χ1v) is 9.92. The molecule has 7 nitrogen and oxygen atoms in total. The summed E-state index contributed by atoms with van der Waals surface area (Å²) in [7, 11) is 1.84. The summed E-state index contributed by atoms with van der Waals surface area (Å²) in [5.74, 6) is -0.212. The largest absolute Gasteiger partial charge is 0.347 e. The van der Waals surface area contributed by atoms with Gasteiger partial charge >= 0.3 is 0 Å². The first-order chi connectivity index (χ1) is 14.1. The number of nitrogens with one attached hydrogen (secondary N) is 1. The fraction of sp³-hybridized carbons (Fsp3) is 0.143. The zero-order valence-corrected chi connectivity index (χ0v) is 16.6. The van der Waals surface area contributed by atoms with Crippen molar-refractivity contribution in [1.82, 2.24) is 24.6 Å². The van der Waals surface area contributed by atoms with Gasteiger partial charge in [0.2, 0.25) is 0 Å². The number of hydrogen-bond donors (Lipinski definition) is 1. The number of carbonyl (C=O) groups is 1. The zero-order chi connectivity index (χ0) is 20.2. The van der Waals surface area contributed by atoms with Gasteiger partial charge in [0.15, 0.2) is 0 Å². The van der Waals surface area contributed by atoms with E-state index in [2.05, 4.69) is 15.4 Å². The second-order valence-electron chi connectivity index (χ2n) is 6.61. The van der Waals surface area contributed by atoms with Crippen molar-refractivity contribution in [2.75, 3.05) is 0 Å². The van der Waals surface area contributed by atoms with Crippen LogP contribution in [0.5, 0.6) is 0 Å². The summed E-state index contributed by atoms with van der Waals surface area (Å²) < 4.78 is 3.35. The number of rotatable bonds is 6. The number of thiazole rings is 1. The lowest BCUT2D eigenvalue weighted by molar-refractivity contribution is 0.0946. The molecule has 0 fully saturated rings. The van der Waals surface area contributed by atoms with Crippen LogP contribution in [0.2, 0.25) is 0 Å². The van der Waals surface area contributed by atoms with Gasteiger partial charge in [0, 0.05) is 43.0 Å². The summed E-state index contributed by atoms with van der Waals surface area (Å²) in [6, 6.07) is 12.9. The van der Waals surface area contributed by atoms with Crippen molar-refractivity contribution in [3.8, 4) is 10.6 Å². The highest BCUT2D eigenvalue weighted by atomic mass is 32.1. The van der Waals surface area contributed by atoms with Crippen LogP contribution in [0.3, 0.4) is 0 Å². The van der Waals surface area contributed by atoms with Crippen LogP contribution in [0.1, 0.15) is 21.6 Å². The molecule has 0 aliphatic heterocycles. The van der Waals surface area contributed by atoms with Crippen LogP contribution in [-0.4, -0.2) is 25.2 Å². The van der Waals surface area contributed by atoms with E-state index in [0.717, 1.165) is 21.7 Å². The van der Waals surface area contributed by atoms with Gasteiger partial charge in [-0.3, -0.25) is 14.3 Å². The third-order valence-corrected chi connectivity index (χ3v) is 5.31. The topological polar surface area (TPSA) is 81.8 Å². The predicted molar refractivity (Wildman–Crippen MR) is 112 cm³/mol. The molecule has 4 aromatic rings. The van der Waals surface area contributed by atoms with Gasteiger partial charge < -0.3 is 9.88 Å². The fourth-order valence-corrected chi connectivity index (χ4v) is 3.64. The van der Waals surface area contributed by atoms with Crippen molar-refractivity contribution in [1.29, 1.82) is 0 Å². The molecule has 0 atom stereocenters. The van der Waals surface area contributed by atoms with Gasteiger partial charge in [-0.05, 0) is 17.2 Å². The normalized spacial score (nSPS) is 10.8. The molecule has 1 amide bonds. The molecule has 0 spiro atoms. The van der Waals surface area contributed by atoms with Gasteiger partial charge in [0.05, 0.1) is 12.7 Å². The highest BCUT2D eigenvalue weighted by Gasteiger charge is 2.12. The van der Waals surface area contributed by atoms with Crippen LogP contribution in [0.15, 0.2) is 71.2 Å². The summed E-state index contributed by atoms with van der Waals surface area (Å²) in [5.41, 5.74) is 3.26. The highest BCUT2D eigenvalue weighted by Crippen LogP contribution is 2.22. The summed E-state index contributed by atoms with van der Waals surface area (Å²) in [6.07, 6.45) is 5.36. The van der Waals surface area contributed by atoms with E-state index in [1.807, 2.05) is 43.6 Å². The summed E-state index contributed by atoms with van der Waals surface area (Å²) >= 11 is 1.42. The van der Waals surface area contributed by atoms with Gasteiger partial charge in [-0.1, -0.05) is 30.3 Å². The molecule has 0 unspecified atom stereocenters. The predicted octanol–water partition coefficient (Wildman–Crippen LogP) is 2.68. The molecular weight excluding hydrogens is 386 g/mol. The third-order valence-electron chi connectivity index (χ3n) is 4.42. The number of carbonyl (C=O) groups excluding carboxylic acids is 1. The minimum atomic E-state index is -0.212. The van der Waals surface area contributed by atoms with Gasteiger partial charge in [-0.2, -0.15) is 5.10 Å². The number of benzene rings is 1. The minimum Gasteiger partial charge on any atom is -0.347 e. The van der Waals surface area contributed by atoms with E-state index in [0.29, 0.717) is 18.8 Å². The molecule has 0 saturated heterocycles. The van der Waals surface area contributed by atoms with E-state index >= 15 is 0 Å². The van der Waals surface area contributed by atoms with Crippen LogP contribution in [0, 0.1) is 0 Å². The first-order valence-electron chi connectivity index (χ1n) is 9.04. The third kappa shape index (κ3) is 4.49. The molecule has 146 valence electrons. The Morgan fingerprint density at radius 3 is 2.66 bits per heavy atom. The standard InChI is InChI=1S/C21H19N5O2S/c1-25-13-17(11-23-25)21-24-18(14-29-21)20(28)22-10-15-5-7-16(8-6-15)12-26-9-3-2-4-19(26)27/h2-9,11,13-14H,10,12H2,1H3,(H,22,28). The monoisotopic (exact) mass is 405 g/mol. The van der Waals surface area contributed by atoms with Crippen molar-refractivity contribution >= 4 is 17.2 Å². The van der Waals surface area contributed by atoms with E-state index in [1.54, 1.807) is 39.2 Å². The van der Waals surface area contributed by atoms with Gasteiger partial charge in [0.1, 0.15) is 10.7 Å². The number of aryl methyl sites for hydroxylation is 1. The molecule has 3 aromatic heterocycles. The van der Waals surface area contributed by atoms with E-state index in [-0.39, 0.29) is 11.5 Å². The molecule has 4 rings (SSSR count). The first kappa shape index (κ1) is 18.8. The Bertz CT molecular complexity index is 1190. The summed E-state index contributed by atoms with van der Waals surface area (Å²) in [6.45, 7) is 0.923. The molecule has 0 aliphatic rings.